The van der Waals surface area contributed by atoms with E-state index in [4.69, 9.17) is 33.8 Å². The number of aliphatic hydroxyl groups excluding tert-OH is 1. The third-order valence-corrected chi connectivity index (χ3v) is 4.93. The molecule has 0 heterocycles. The van der Waals surface area contributed by atoms with Crippen LogP contribution in [0, 0.1) is 0 Å². The van der Waals surface area contributed by atoms with Crippen molar-refractivity contribution in [3.05, 3.63) is 0 Å². The molecule has 5 atom stereocenters. The summed E-state index contributed by atoms with van der Waals surface area (Å²) in [6.07, 6.45) is -1.88. The molecule has 0 bridgehead atoms. The van der Waals surface area contributed by atoms with E-state index in [2.05, 4.69) is 25.9 Å². The molecule has 38 heavy (non-hydrogen) atoms. The quantitative estimate of drug-likeness (QED) is 0.0435. The number of rotatable bonds is 18. The van der Waals surface area contributed by atoms with Crippen molar-refractivity contribution < 1.29 is 39.3 Å². The second-order valence-corrected chi connectivity index (χ2v) is 8.29. The number of carbonyl (C=O) groups excluding carboxylic acids is 3. The monoisotopic (exact) mass is 546 g/mol. The summed E-state index contributed by atoms with van der Waals surface area (Å²) in [5.41, 5.74) is 26.5. The lowest BCUT2D eigenvalue weighted by Gasteiger charge is -2.26. The van der Waals surface area contributed by atoms with E-state index >= 15 is 0 Å². The normalized spacial score (nSPS) is 14.5. The van der Waals surface area contributed by atoms with Crippen LogP contribution < -0.4 is 44.6 Å². The Labute approximate surface area is 218 Å². The van der Waals surface area contributed by atoms with Gasteiger partial charge in [0.2, 0.25) is 17.7 Å². The minimum atomic E-state index is -1.60. The van der Waals surface area contributed by atoms with Gasteiger partial charge in [0.25, 0.3) is 0 Å². The number of nitrogens with two attached hydrogens (primary N) is 5. The van der Waals surface area contributed by atoms with E-state index in [1.165, 1.54) is 6.92 Å². The minimum Gasteiger partial charge on any atom is -0.481 e. The predicted molar refractivity (Wildman–Crippen MR) is 135 cm³/mol. The van der Waals surface area contributed by atoms with Gasteiger partial charge in [-0.2, -0.15) is 0 Å². The Morgan fingerprint density at radius 3 is 1.66 bits per heavy atom. The van der Waals surface area contributed by atoms with E-state index in [1.54, 1.807) is 0 Å². The number of carboxylic acids is 2. The molecule has 16 N–H and O–H groups in total. The van der Waals surface area contributed by atoms with E-state index in [0.29, 0.717) is 0 Å². The highest BCUT2D eigenvalue weighted by molar-refractivity contribution is 5.95. The lowest BCUT2D eigenvalue weighted by atomic mass is 10.1. The molecule has 0 rings (SSSR count). The van der Waals surface area contributed by atoms with Gasteiger partial charge in [0.15, 0.2) is 11.9 Å². The maximum absolute atomic E-state index is 13.0. The molecule has 0 saturated heterocycles. The van der Waals surface area contributed by atoms with Gasteiger partial charge in [-0.05, 0) is 32.6 Å². The largest absolute Gasteiger partial charge is 0.481 e. The van der Waals surface area contributed by atoms with Crippen LogP contribution in [0.15, 0.2) is 9.98 Å². The zero-order chi connectivity index (χ0) is 29.4. The summed E-state index contributed by atoms with van der Waals surface area (Å²) in [5.74, 6) is -5.95. The van der Waals surface area contributed by atoms with Crippen LogP contribution in [0.3, 0.4) is 0 Å². The van der Waals surface area contributed by atoms with Crippen LogP contribution in [-0.4, -0.2) is 100 Å². The Balaban J connectivity index is 5.52. The number of carboxylic acid groups (broad SMARTS) is 2. The highest BCUT2D eigenvalue weighted by atomic mass is 16.4. The zero-order valence-corrected chi connectivity index (χ0v) is 21.0. The highest BCUT2D eigenvalue weighted by Crippen LogP contribution is 2.05. The van der Waals surface area contributed by atoms with Crippen LogP contribution in [0.25, 0.3) is 0 Å². The molecule has 3 amide bonds. The number of nitrogens with zero attached hydrogens (tertiary/aromatic N) is 2. The molecule has 216 valence electrons. The fraction of sp³-hybridized carbons (Fsp3) is 0.650. The van der Waals surface area contributed by atoms with Crippen LogP contribution in [0.1, 0.15) is 39.0 Å². The fourth-order valence-electron chi connectivity index (χ4n) is 3.01. The molecule has 0 aromatic rings. The Morgan fingerprint density at radius 2 is 1.24 bits per heavy atom. The van der Waals surface area contributed by atoms with Crippen molar-refractivity contribution in [2.45, 2.75) is 69.3 Å². The molecule has 5 unspecified atom stereocenters. The number of aliphatic imine (C=N–C) groups is 2. The van der Waals surface area contributed by atoms with E-state index in [-0.39, 0.29) is 50.7 Å². The molecule has 0 radical (unpaired) electrons. The lowest BCUT2D eigenvalue weighted by molar-refractivity contribution is -0.143. The van der Waals surface area contributed by atoms with E-state index in [9.17, 15) is 34.2 Å². The lowest BCUT2D eigenvalue weighted by Crippen LogP contribution is -2.59. The Bertz CT molecular complexity index is 887. The standard InChI is InChI=1S/C20H38N10O8/c1-9(31)14(17(36)29-12(18(37)38)5-3-7-27-20(24)25)30-16(35)11(4-2-6-26-19(22)23)28-15(34)10(21)8-13(32)33/h9-12,14,31H,2-8,21H2,1H3,(H,28,34)(H,29,36)(H,30,35)(H,32,33)(H,37,38)(H4,22,23,26)(H4,24,25,27). The van der Waals surface area contributed by atoms with Gasteiger partial charge in [-0.15, -0.1) is 0 Å². The van der Waals surface area contributed by atoms with Crippen molar-refractivity contribution in [2.75, 3.05) is 13.1 Å². The van der Waals surface area contributed by atoms with Crippen LogP contribution >= 0.6 is 0 Å². The minimum absolute atomic E-state index is 0.0508. The van der Waals surface area contributed by atoms with Gasteiger partial charge in [-0.3, -0.25) is 29.2 Å². The zero-order valence-electron chi connectivity index (χ0n) is 21.0. The number of hydrogen-bond donors (Lipinski definition) is 11. The van der Waals surface area contributed by atoms with Crippen molar-refractivity contribution in [3.63, 3.8) is 0 Å². The first-order valence-corrected chi connectivity index (χ1v) is 11.6. The molecule has 0 aliphatic rings. The Morgan fingerprint density at radius 1 is 0.763 bits per heavy atom. The number of nitrogens with one attached hydrogen (secondary N) is 3. The summed E-state index contributed by atoms with van der Waals surface area (Å²) >= 11 is 0. The first kappa shape index (κ1) is 33.8. The van der Waals surface area contributed by atoms with Crippen LogP contribution in [0.4, 0.5) is 0 Å². The predicted octanol–water partition coefficient (Wildman–Crippen LogP) is -5.18. The number of hydrogen-bond acceptors (Lipinski definition) is 9. The first-order valence-electron chi connectivity index (χ1n) is 11.6. The third kappa shape index (κ3) is 14.4. The van der Waals surface area contributed by atoms with Crippen molar-refractivity contribution in [2.24, 2.45) is 38.7 Å². The second-order valence-electron chi connectivity index (χ2n) is 8.29. The van der Waals surface area contributed by atoms with Gasteiger partial charge in [0.1, 0.15) is 18.1 Å². The average Bonchev–Trinajstić information content (AvgIpc) is 2.79. The van der Waals surface area contributed by atoms with Crippen molar-refractivity contribution >= 4 is 41.6 Å². The summed E-state index contributed by atoms with van der Waals surface area (Å²) in [7, 11) is 0. The number of carbonyl (C=O) groups is 5. The molecular formula is C20H38N10O8. The number of aliphatic carboxylic acids is 2. The van der Waals surface area contributed by atoms with E-state index in [1.807, 2.05) is 0 Å². The molecule has 0 aromatic heterocycles. The molecule has 0 fully saturated rings. The topological polar surface area (TPSA) is 337 Å². The van der Waals surface area contributed by atoms with Crippen molar-refractivity contribution in [3.8, 4) is 0 Å². The van der Waals surface area contributed by atoms with Gasteiger partial charge in [0.05, 0.1) is 18.6 Å². The van der Waals surface area contributed by atoms with Gasteiger partial charge < -0.3 is 59.9 Å². The van der Waals surface area contributed by atoms with Gasteiger partial charge >= 0.3 is 11.9 Å². The highest BCUT2D eigenvalue weighted by Gasteiger charge is 2.32. The Kier molecular flexibility index (Phi) is 15.4. The summed E-state index contributed by atoms with van der Waals surface area (Å²) in [4.78, 5) is 67.9. The molecule has 0 saturated carbocycles. The molecule has 0 aliphatic heterocycles. The maximum Gasteiger partial charge on any atom is 0.326 e. The number of guanidine groups is 2. The molecule has 18 heteroatoms. The summed E-state index contributed by atoms with van der Waals surface area (Å²) in [5, 5.41) is 35.2. The summed E-state index contributed by atoms with van der Waals surface area (Å²) in [6, 6.07) is -5.77. The van der Waals surface area contributed by atoms with E-state index in [0.717, 1.165) is 0 Å². The van der Waals surface area contributed by atoms with Gasteiger partial charge in [-0.1, -0.05) is 0 Å². The van der Waals surface area contributed by atoms with Crippen LogP contribution in [-0.2, 0) is 24.0 Å². The maximum atomic E-state index is 13.0. The number of aliphatic hydroxyl groups is 1. The smallest absolute Gasteiger partial charge is 0.326 e. The molecule has 18 nitrogen and oxygen atoms in total. The van der Waals surface area contributed by atoms with Gasteiger partial charge in [-0.25, -0.2) is 4.79 Å². The van der Waals surface area contributed by atoms with Crippen LogP contribution in [0.2, 0.25) is 0 Å². The summed E-state index contributed by atoms with van der Waals surface area (Å²) in [6.45, 7) is 1.39. The number of amides is 3. The SMILES string of the molecule is CC(O)C(NC(=O)C(CCCN=C(N)N)NC(=O)C(N)CC(=O)O)C(=O)NC(CCCN=C(N)N)C(=O)O. The van der Waals surface area contributed by atoms with Crippen LogP contribution in [0.5, 0.6) is 0 Å². The second kappa shape index (κ2) is 17.3. The van der Waals surface area contributed by atoms with Crippen molar-refractivity contribution in [1.29, 1.82) is 0 Å². The Hall–Kier alpha value is -4.19. The summed E-state index contributed by atoms with van der Waals surface area (Å²) < 4.78 is 0. The van der Waals surface area contributed by atoms with Gasteiger partial charge in [0, 0.05) is 13.1 Å². The molecule has 0 aliphatic carbocycles. The molecular weight excluding hydrogens is 508 g/mol. The fourth-order valence-corrected chi connectivity index (χ4v) is 3.01. The van der Waals surface area contributed by atoms with E-state index < -0.39 is 66.4 Å². The van der Waals surface area contributed by atoms with Crippen molar-refractivity contribution in [1.82, 2.24) is 16.0 Å². The first-order chi connectivity index (χ1) is 17.6. The third-order valence-electron chi connectivity index (χ3n) is 4.93. The molecule has 0 spiro atoms. The average molecular weight is 547 g/mol. The molecule has 0 aromatic carbocycles.